The molecule has 0 radical (unpaired) electrons. The molecule has 104 valence electrons. The van der Waals surface area contributed by atoms with Crippen molar-refractivity contribution in [3.05, 3.63) is 33.8 Å². The summed E-state index contributed by atoms with van der Waals surface area (Å²) in [5.74, 6) is -0.0279. The van der Waals surface area contributed by atoms with Gasteiger partial charge in [-0.25, -0.2) is 0 Å². The summed E-state index contributed by atoms with van der Waals surface area (Å²) in [7, 11) is 0. The van der Waals surface area contributed by atoms with Crippen LogP contribution >= 0.6 is 23.2 Å². The van der Waals surface area contributed by atoms with Crippen molar-refractivity contribution in [2.24, 2.45) is 5.92 Å². The largest absolute Gasteiger partial charge is 0.393 e. The van der Waals surface area contributed by atoms with Crippen LogP contribution in [0.15, 0.2) is 18.2 Å². The second kappa shape index (κ2) is 6.12. The summed E-state index contributed by atoms with van der Waals surface area (Å²) in [4.78, 5) is 14.2. The predicted molar refractivity (Wildman–Crippen MR) is 76.8 cm³/mol. The number of aliphatic hydroxyl groups excluding tert-OH is 1. The fraction of sp³-hybridized carbons (Fsp3) is 0.500. The van der Waals surface area contributed by atoms with Gasteiger partial charge in [0.25, 0.3) is 5.91 Å². The first-order chi connectivity index (χ1) is 9.00. The molecule has 1 heterocycles. The van der Waals surface area contributed by atoms with Gasteiger partial charge in [0.05, 0.1) is 21.7 Å². The number of amides is 1. The molecule has 0 bridgehead atoms. The van der Waals surface area contributed by atoms with Gasteiger partial charge in [-0.3, -0.25) is 4.79 Å². The molecular weight excluding hydrogens is 285 g/mol. The number of benzene rings is 1. The predicted octanol–water partition coefficient (Wildman–Crippen LogP) is 3.23. The number of hydrogen-bond donors (Lipinski definition) is 1. The normalized spacial score (nSPS) is 21.3. The zero-order chi connectivity index (χ0) is 14.0. The molecule has 5 heteroatoms. The van der Waals surface area contributed by atoms with Crippen molar-refractivity contribution >= 4 is 29.1 Å². The van der Waals surface area contributed by atoms with Gasteiger partial charge < -0.3 is 10.0 Å². The molecule has 1 saturated heterocycles. The Morgan fingerprint density at radius 2 is 2.05 bits per heavy atom. The number of hydrogen-bond acceptors (Lipinski definition) is 2. The first-order valence-electron chi connectivity index (χ1n) is 6.42. The van der Waals surface area contributed by atoms with E-state index in [4.69, 9.17) is 23.2 Å². The minimum Gasteiger partial charge on any atom is -0.393 e. The third kappa shape index (κ3) is 3.22. The second-order valence-corrected chi connectivity index (χ2v) is 5.81. The first kappa shape index (κ1) is 14.6. The molecular formula is C14H17Cl2NO2. The molecule has 1 aromatic rings. The highest BCUT2D eigenvalue weighted by molar-refractivity contribution is 6.39. The third-order valence-electron chi connectivity index (χ3n) is 3.60. The Morgan fingerprint density at radius 1 is 1.42 bits per heavy atom. The molecule has 1 aromatic carbocycles. The highest BCUT2D eigenvalue weighted by Crippen LogP contribution is 2.28. The molecule has 1 fully saturated rings. The van der Waals surface area contributed by atoms with Gasteiger partial charge in [0.2, 0.25) is 0 Å². The maximum absolute atomic E-state index is 12.5. The molecule has 1 N–H and O–H groups in total. The Kier molecular flexibility index (Phi) is 4.71. The van der Waals surface area contributed by atoms with Crippen molar-refractivity contribution in [3.63, 3.8) is 0 Å². The molecule has 2 rings (SSSR count). The standard InChI is InChI=1S/C14H17Cl2NO2/c1-9(18)10-4-3-7-17(8-10)14(19)13-11(15)5-2-6-12(13)16/h2,5-6,9-10,18H,3-4,7-8H2,1H3. The van der Waals surface area contributed by atoms with Crippen LogP contribution < -0.4 is 0 Å². The minimum atomic E-state index is -0.405. The molecule has 1 amide bonds. The fourth-order valence-corrected chi connectivity index (χ4v) is 3.01. The maximum Gasteiger partial charge on any atom is 0.256 e. The van der Waals surface area contributed by atoms with Crippen LogP contribution in [0.1, 0.15) is 30.1 Å². The smallest absolute Gasteiger partial charge is 0.256 e. The van der Waals surface area contributed by atoms with E-state index in [2.05, 4.69) is 0 Å². The number of carbonyl (C=O) groups is 1. The zero-order valence-corrected chi connectivity index (χ0v) is 12.3. The Bertz CT molecular complexity index is 456. The lowest BCUT2D eigenvalue weighted by atomic mass is 9.93. The van der Waals surface area contributed by atoms with Crippen LogP contribution in [0.3, 0.4) is 0 Å². The van der Waals surface area contributed by atoms with E-state index in [0.717, 1.165) is 12.8 Å². The van der Waals surface area contributed by atoms with Gasteiger partial charge in [0, 0.05) is 19.0 Å². The second-order valence-electron chi connectivity index (χ2n) is 4.99. The molecule has 0 aliphatic carbocycles. The van der Waals surface area contributed by atoms with Crippen LogP contribution in [0.2, 0.25) is 10.0 Å². The topological polar surface area (TPSA) is 40.5 Å². The quantitative estimate of drug-likeness (QED) is 0.911. The minimum absolute atomic E-state index is 0.124. The van der Waals surface area contributed by atoms with Crippen molar-refractivity contribution < 1.29 is 9.90 Å². The number of carbonyl (C=O) groups excluding carboxylic acids is 1. The number of aliphatic hydroxyl groups is 1. The van der Waals surface area contributed by atoms with E-state index in [-0.39, 0.29) is 11.8 Å². The number of piperidine rings is 1. The Balaban J connectivity index is 2.20. The van der Waals surface area contributed by atoms with Crippen LogP contribution in [-0.2, 0) is 0 Å². The lowest BCUT2D eigenvalue weighted by molar-refractivity contribution is 0.0466. The van der Waals surface area contributed by atoms with E-state index in [1.165, 1.54) is 0 Å². The van der Waals surface area contributed by atoms with Crippen LogP contribution in [0.4, 0.5) is 0 Å². The van der Waals surface area contributed by atoms with Gasteiger partial charge in [-0.05, 0) is 31.9 Å². The van der Waals surface area contributed by atoms with E-state index < -0.39 is 6.10 Å². The number of likely N-dealkylation sites (tertiary alicyclic amines) is 1. The van der Waals surface area contributed by atoms with Crippen molar-refractivity contribution in [1.29, 1.82) is 0 Å². The lowest BCUT2D eigenvalue weighted by Crippen LogP contribution is -2.43. The Hall–Kier alpha value is -0.770. The molecule has 0 spiro atoms. The Labute approximate surface area is 123 Å². The van der Waals surface area contributed by atoms with E-state index in [1.807, 2.05) is 0 Å². The van der Waals surface area contributed by atoms with E-state index in [1.54, 1.807) is 30.0 Å². The van der Waals surface area contributed by atoms with Gasteiger partial charge in [-0.2, -0.15) is 0 Å². The van der Waals surface area contributed by atoms with Crippen LogP contribution in [0.25, 0.3) is 0 Å². The van der Waals surface area contributed by atoms with E-state index in [0.29, 0.717) is 28.7 Å². The number of rotatable bonds is 2. The summed E-state index contributed by atoms with van der Waals surface area (Å²) >= 11 is 12.1. The summed E-state index contributed by atoms with van der Waals surface area (Å²) in [6.45, 7) is 3.00. The fourth-order valence-electron chi connectivity index (χ4n) is 2.45. The summed E-state index contributed by atoms with van der Waals surface area (Å²) in [5, 5.41) is 10.4. The number of nitrogens with zero attached hydrogens (tertiary/aromatic N) is 1. The first-order valence-corrected chi connectivity index (χ1v) is 7.17. The van der Waals surface area contributed by atoms with Gasteiger partial charge in [-0.15, -0.1) is 0 Å². The van der Waals surface area contributed by atoms with Gasteiger partial charge in [0.15, 0.2) is 0 Å². The molecule has 0 aromatic heterocycles. The summed E-state index contributed by atoms with van der Waals surface area (Å²) in [6, 6.07) is 5.05. The molecule has 2 unspecified atom stereocenters. The monoisotopic (exact) mass is 301 g/mol. The summed E-state index contributed by atoms with van der Waals surface area (Å²) < 4.78 is 0. The van der Waals surface area contributed by atoms with Crippen molar-refractivity contribution in [2.45, 2.75) is 25.9 Å². The molecule has 3 nitrogen and oxygen atoms in total. The molecule has 1 aliphatic rings. The van der Waals surface area contributed by atoms with E-state index >= 15 is 0 Å². The third-order valence-corrected chi connectivity index (χ3v) is 4.23. The summed E-state index contributed by atoms with van der Waals surface area (Å²) in [5.41, 5.74) is 0.358. The molecule has 2 atom stereocenters. The maximum atomic E-state index is 12.5. The van der Waals surface area contributed by atoms with Crippen molar-refractivity contribution in [1.82, 2.24) is 4.90 Å². The average molecular weight is 302 g/mol. The average Bonchev–Trinajstić information content (AvgIpc) is 2.38. The Morgan fingerprint density at radius 3 is 2.63 bits per heavy atom. The summed E-state index contributed by atoms with van der Waals surface area (Å²) in [6.07, 6.45) is 1.43. The zero-order valence-electron chi connectivity index (χ0n) is 10.8. The van der Waals surface area contributed by atoms with Crippen molar-refractivity contribution in [2.75, 3.05) is 13.1 Å². The molecule has 0 saturated carbocycles. The van der Waals surface area contributed by atoms with Crippen molar-refractivity contribution in [3.8, 4) is 0 Å². The molecule has 1 aliphatic heterocycles. The highest BCUT2D eigenvalue weighted by Gasteiger charge is 2.28. The van der Waals surface area contributed by atoms with Gasteiger partial charge in [0.1, 0.15) is 0 Å². The van der Waals surface area contributed by atoms with Gasteiger partial charge in [-0.1, -0.05) is 29.3 Å². The van der Waals surface area contributed by atoms with Crippen LogP contribution in [0, 0.1) is 5.92 Å². The SMILES string of the molecule is CC(O)C1CCCN(C(=O)c2c(Cl)cccc2Cl)C1. The highest BCUT2D eigenvalue weighted by atomic mass is 35.5. The number of halogens is 2. The van der Waals surface area contributed by atoms with Crippen LogP contribution in [-0.4, -0.2) is 35.1 Å². The van der Waals surface area contributed by atoms with Crippen LogP contribution in [0.5, 0.6) is 0 Å². The van der Waals surface area contributed by atoms with E-state index in [9.17, 15) is 9.90 Å². The lowest BCUT2D eigenvalue weighted by Gasteiger charge is -2.34. The molecule has 19 heavy (non-hydrogen) atoms. The van der Waals surface area contributed by atoms with Gasteiger partial charge >= 0.3 is 0 Å².